The second kappa shape index (κ2) is 7.07. The Morgan fingerprint density at radius 3 is 2.68 bits per heavy atom. The average Bonchev–Trinajstić information content (AvgIpc) is 3.04. The third-order valence-electron chi connectivity index (χ3n) is 3.98. The molecule has 120 valence electrons. The van der Waals surface area contributed by atoms with E-state index in [0.29, 0.717) is 13.0 Å². The van der Waals surface area contributed by atoms with E-state index >= 15 is 0 Å². The number of amides is 1. The van der Waals surface area contributed by atoms with E-state index < -0.39 is 0 Å². The van der Waals surface area contributed by atoms with Crippen LogP contribution in [0.25, 0.3) is 0 Å². The maximum absolute atomic E-state index is 12.3. The number of likely N-dealkylation sites (N-methyl/N-ethyl adjacent to an activating group) is 1. The van der Waals surface area contributed by atoms with Gasteiger partial charge in [-0.25, -0.2) is 0 Å². The molecule has 5 nitrogen and oxygen atoms in total. The summed E-state index contributed by atoms with van der Waals surface area (Å²) in [5, 5.41) is 9.48. The van der Waals surface area contributed by atoms with E-state index in [2.05, 4.69) is 26.8 Å². The first kappa shape index (κ1) is 16.7. The van der Waals surface area contributed by atoms with Gasteiger partial charge in [0.2, 0.25) is 5.91 Å². The summed E-state index contributed by atoms with van der Waals surface area (Å²) in [5.74, 6) is 0.0441. The number of hydrogen-bond acceptors (Lipinski definition) is 4. The first-order valence-corrected chi connectivity index (χ1v) is 8.23. The number of nitrogens with one attached hydrogen (secondary N) is 1. The highest BCUT2D eigenvalue weighted by atomic mass is 32.1. The topological polar surface area (TPSA) is 50.2 Å². The number of rotatable bonds is 6. The molecular formula is C16H24N4OS. The summed E-state index contributed by atoms with van der Waals surface area (Å²) in [6.45, 7) is 4.56. The Balaban J connectivity index is 1.97. The Bertz CT molecular complexity index is 631. The van der Waals surface area contributed by atoms with Crippen LogP contribution in [0.1, 0.15) is 27.9 Å². The van der Waals surface area contributed by atoms with E-state index in [1.807, 2.05) is 45.7 Å². The van der Waals surface area contributed by atoms with Crippen LogP contribution in [0.5, 0.6) is 0 Å². The summed E-state index contributed by atoms with van der Waals surface area (Å²) in [5.41, 5.74) is 3.00. The fraction of sp³-hybridized carbons (Fsp3) is 0.500. The maximum atomic E-state index is 12.3. The summed E-state index contributed by atoms with van der Waals surface area (Å²) in [4.78, 5) is 15.7. The van der Waals surface area contributed by atoms with Gasteiger partial charge >= 0.3 is 0 Å². The van der Waals surface area contributed by atoms with E-state index in [-0.39, 0.29) is 11.9 Å². The van der Waals surface area contributed by atoms with Crippen molar-refractivity contribution in [2.75, 3.05) is 20.6 Å². The Kier molecular flexibility index (Phi) is 5.37. The fourth-order valence-corrected chi connectivity index (χ4v) is 3.45. The van der Waals surface area contributed by atoms with E-state index in [4.69, 9.17) is 0 Å². The lowest BCUT2D eigenvalue weighted by Gasteiger charge is -2.23. The van der Waals surface area contributed by atoms with Crippen molar-refractivity contribution >= 4 is 17.2 Å². The molecule has 2 aromatic rings. The molecule has 2 heterocycles. The highest BCUT2D eigenvalue weighted by Gasteiger charge is 2.18. The highest BCUT2D eigenvalue weighted by Crippen LogP contribution is 2.22. The van der Waals surface area contributed by atoms with Crippen molar-refractivity contribution in [3.8, 4) is 0 Å². The highest BCUT2D eigenvalue weighted by molar-refractivity contribution is 7.10. The summed E-state index contributed by atoms with van der Waals surface area (Å²) >= 11 is 1.72. The number of carbonyl (C=O) groups excluding carboxylic acids is 1. The minimum Gasteiger partial charge on any atom is -0.354 e. The fourth-order valence-electron chi connectivity index (χ4n) is 2.53. The van der Waals surface area contributed by atoms with Crippen LogP contribution in [0, 0.1) is 13.8 Å². The van der Waals surface area contributed by atoms with E-state index in [9.17, 15) is 4.79 Å². The second-order valence-electron chi connectivity index (χ2n) is 5.75. The van der Waals surface area contributed by atoms with Crippen molar-refractivity contribution in [1.82, 2.24) is 20.0 Å². The first-order chi connectivity index (χ1) is 10.4. The average molecular weight is 320 g/mol. The van der Waals surface area contributed by atoms with Gasteiger partial charge < -0.3 is 10.2 Å². The third kappa shape index (κ3) is 3.75. The maximum Gasteiger partial charge on any atom is 0.224 e. The standard InChI is InChI=1S/C16H24N4OS/c1-11-13(12(2)20(5)18-11)9-16(21)17-10-14(19(3)4)15-7-6-8-22-15/h6-8,14H,9-10H2,1-5H3,(H,17,21)/t14-/m1/s1. The van der Waals surface area contributed by atoms with Crippen molar-refractivity contribution in [3.05, 3.63) is 39.3 Å². The molecule has 0 saturated heterocycles. The van der Waals surface area contributed by atoms with Gasteiger partial charge in [-0.05, 0) is 39.4 Å². The van der Waals surface area contributed by atoms with Gasteiger partial charge in [-0.15, -0.1) is 11.3 Å². The first-order valence-electron chi connectivity index (χ1n) is 7.35. The molecule has 0 aliphatic heterocycles. The zero-order valence-corrected chi connectivity index (χ0v) is 14.7. The molecule has 0 radical (unpaired) electrons. The molecule has 2 aromatic heterocycles. The largest absolute Gasteiger partial charge is 0.354 e. The summed E-state index contributed by atoms with van der Waals surface area (Å²) in [6.07, 6.45) is 0.385. The Hall–Kier alpha value is -1.66. The second-order valence-corrected chi connectivity index (χ2v) is 6.73. The number of thiophene rings is 1. The van der Waals surface area contributed by atoms with Crippen LogP contribution >= 0.6 is 11.3 Å². The molecule has 0 saturated carbocycles. The molecule has 2 rings (SSSR count). The van der Waals surface area contributed by atoms with E-state index in [1.54, 1.807) is 11.3 Å². The number of nitrogens with zero attached hydrogens (tertiary/aromatic N) is 3. The molecule has 0 bridgehead atoms. The molecule has 6 heteroatoms. The molecule has 1 amide bonds. The zero-order valence-electron chi connectivity index (χ0n) is 13.9. The SMILES string of the molecule is Cc1nn(C)c(C)c1CC(=O)NC[C@H](c1cccs1)N(C)C. The molecule has 0 aliphatic carbocycles. The number of aryl methyl sites for hydroxylation is 2. The van der Waals surface area contributed by atoms with Crippen molar-refractivity contribution in [3.63, 3.8) is 0 Å². The van der Waals surface area contributed by atoms with Crippen molar-refractivity contribution in [2.45, 2.75) is 26.3 Å². The Morgan fingerprint density at radius 1 is 1.45 bits per heavy atom. The van der Waals surface area contributed by atoms with Crippen molar-refractivity contribution < 1.29 is 4.79 Å². The predicted molar refractivity (Wildman–Crippen MR) is 90.1 cm³/mol. The van der Waals surface area contributed by atoms with E-state index in [1.165, 1.54) is 4.88 Å². The van der Waals surface area contributed by atoms with Gasteiger partial charge in [0.05, 0.1) is 18.2 Å². The molecular weight excluding hydrogens is 296 g/mol. The monoisotopic (exact) mass is 320 g/mol. The zero-order chi connectivity index (χ0) is 16.3. The Morgan fingerprint density at radius 2 is 2.18 bits per heavy atom. The van der Waals surface area contributed by atoms with Crippen LogP contribution in [0.15, 0.2) is 17.5 Å². The Labute approximate surface area is 135 Å². The summed E-state index contributed by atoms with van der Waals surface area (Å²) in [7, 11) is 5.97. The van der Waals surface area contributed by atoms with Gasteiger partial charge in [-0.1, -0.05) is 6.07 Å². The minimum atomic E-state index is 0.0441. The summed E-state index contributed by atoms with van der Waals surface area (Å²) in [6, 6.07) is 4.36. The van der Waals surface area contributed by atoms with Crippen molar-refractivity contribution in [2.24, 2.45) is 7.05 Å². The quantitative estimate of drug-likeness (QED) is 0.886. The van der Waals surface area contributed by atoms with Crippen LogP contribution < -0.4 is 5.32 Å². The minimum absolute atomic E-state index is 0.0441. The lowest BCUT2D eigenvalue weighted by molar-refractivity contribution is -0.120. The van der Waals surface area contributed by atoms with Gasteiger partial charge in [0.1, 0.15) is 0 Å². The van der Waals surface area contributed by atoms with Gasteiger partial charge in [-0.3, -0.25) is 9.48 Å². The van der Waals surface area contributed by atoms with Crippen LogP contribution in [-0.2, 0) is 18.3 Å². The van der Waals surface area contributed by atoms with Crippen LogP contribution in [0.2, 0.25) is 0 Å². The summed E-state index contributed by atoms with van der Waals surface area (Å²) < 4.78 is 1.83. The molecule has 0 aromatic carbocycles. The predicted octanol–water partition coefficient (Wildman–Crippen LogP) is 2.06. The lowest BCUT2D eigenvalue weighted by Crippen LogP contribution is -2.35. The smallest absolute Gasteiger partial charge is 0.224 e. The van der Waals surface area contributed by atoms with Crippen LogP contribution in [0.4, 0.5) is 0 Å². The molecule has 0 aliphatic rings. The van der Waals surface area contributed by atoms with Gasteiger partial charge in [0.25, 0.3) is 0 Å². The van der Waals surface area contributed by atoms with Crippen LogP contribution in [0.3, 0.4) is 0 Å². The molecule has 1 N–H and O–H groups in total. The third-order valence-corrected chi connectivity index (χ3v) is 4.96. The van der Waals surface area contributed by atoms with Crippen molar-refractivity contribution in [1.29, 1.82) is 0 Å². The molecule has 0 spiro atoms. The van der Waals surface area contributed by atoms with Gasteiger partial charge in [0, 0.05) is 29.7 Å². The number of carbonyl (C=O) groups is 1. The normalized spacial score (nSPS) is 12.6. The molecule has 0 fully saturated rings. The van der Waals surface area contributed by atoms with Gasteiger partial charge in [0.15, 0.2) is 0 Å². The molecule has 22 heavy (non-hydrogen) atoms. The molecule has 0 unspecified atom stereocenters. The lowest BCUT2D eigenvalue weighted by atomic mass is 10.1. The van der Waals surface area contributed by atoms with E-state index in [0.717, 1.165) is 17.0 Å². The van der Waals surface area contributed by atoms with Crippen LogP contribution in [-0.4, -0.2) is 41.2 Å². The molecule has 1 atom stereocenters. The number of aromatic nitrogens is 2. The number of hydrogen-bond donors (Lipinski definition) is 1. The van der Waals surface area contributed by atoms with Gasteiger partial charge in [-0.2, -0.15) is 5.10 Å².